The van der Waals surface area contributed by atoms with Crippen LogP contribution in [0.25, 0.3) is 0 Å². The predicted octanol–water partition coefficient (Wildman–Crippen LogP) is -0.506. The van der Waals surface area contributed by atoms with E-state index in [4.69, 9.17) is 10.8 Å². The van der Waals surface area contributed by atoms with Gasteiger partial charge in [0, 0.05) is 6.54 Å². The van der Waals surface area contributed by atoms with E-state index in [2.05, 4.69) is 10.1 Å². The Kier molecular flexibility index (Phi) is 7.69. The number of amides is 1. The van der Waals surface area contributed by atoms with E-state index in [0.717, 1.165) is 13.5 Å². The molecule has 1 amide bonds. The highest BCUT2D eigenvalue weighted by Crippen LogP contribution is 2.06. The molecule has 0 saturated carbocycles. The monoisotopic (exact) mass is 260 g/mol. The van der Waals surface area contributed by atoms with Gasteiger partial charge in [0.25, 0.3) is 0 Å². The fraction of sp³-hybridized carbons (Fsp3) is 0.727. The summed E-state index contributed by atoms with van der Waals surface area (Å²) in [6, 6.07) is -1.28. The van der Waals surface area contributed by atoms with Crippen molar-refractivity contribution in [2.75, 3.05) is 13.7 Å². The SMILES string of the molecule is CCCC(CN)C(=O)N[C@@H](CC(=O)OC)C(=O)O. The van der Waals surface area contributed by atoms with Crippen molar-refractivity contribution >= 4 is 17.8 Å². The van der Waals surface area contributed by atoms with Crippen LogP contribution >= 0.6 is 0 Å². The summed E-state index contributed by atoms with van der Waals surface area (Å²) in [4.78, 5) is 33.7. The topological polar surface area (TPSA) is 119 Å². The summed E-state index contributed by atoms with van der Waals surface area (Å²) in [6.45, 7) is 2.04. The molecule has 1 unspecified atom stereocenters. The van der Waals surface area contributed by atoms with Gasteiger partial charge in [-0.05, 0) is 6.42 Å². The number of nitrogens with one attached hydrogen (secondary N) is 1. The Bertz CT molecular complexity index is 306. The van der Waals surface area contributed by atoms with E-state index >= 15 is 0 Å². The molecule has 4 N–H and O–H groups in total. The summed E-state index contributed by atoms with van der Waals surface area (Å²) >= 11 is 0. The highest BCUT2D eigenvalue weighted by atomic mass is 16.5. The number of esters is 1. The summed E-state index contributed by atoms with van der Waals surface area (Å²) in [6.07, 6.45) is 0.942. The van der Waals surface area contributed by atoms with Crippen molar-refractivity contribution in [2.24, 2.45) is 11.7 Å². The van der Waals surface area contributed by atoms with Gasteiger partial charge >= 0.3 is 11.9 Å². The van der Waals surface area contributed by atoms with Crippen LogP contribution in [0.1, 0.15) is 26.2 Å². The van der Waals surface area contributed by atoms with E-state index in [1.807, 2.05) is 6.92 Å². The number of ether oxygens (including phenoxy) is 1. The first kappa shape index (κ1) is 16.4. The van der Waals surface area contributed by atoms with Crippen molar-refractivity contribution < 1.29 is 24.2 Å². The zero-order valence-electron chi connectivity index (χ0n) is 10.6. The maximum atomic E-state index is 11.7. The summed E-state index contributed by atoms with van der Waals surface area (Å²) in [7, 11) is 1.16. The van der Waals surface area contributed by atoms with Crippen LogP contribution in [0.2, 0.25) is 0 Å². The Morgan fingerprint density at radius 1 is 1.39 bits per heavy atom. The maximum Gasteiger partial charge on any atom is 0.326 e. The first-order valence-corrected chi connectivity index (χ1v) is 5.76. The molecule has 104 valence electrons. The first-order valence-electron chi connectivity index (χ1n) is 5.76. The molecule has 18 heavy (non-hydrogen) atoms. The minimum absolute atomic E-state index is 0.143. The van der Waals surface area contributed by atoms with Gasteiger partial charge in [-0.3, -0.25) is 9.59 Å². The van der Waals surface area contributed by atoms with Crippen molar-refractivity contribution in [1.29, 1.82) is 0 Å². The summed E-state index contributed by atoms with van der Waals surface area (Å²) < 4.78 is 4.37. The maximum absolute atomic E-state index is 11.7. The van der Waals surface area contributed by atoms with Crippen LogP contribution in [0.15, 0.2) is 0 Å². The van der Waals surface area contributed by atoms with E-state index in [-0.39, 0.29) is 6.54 Å². The molecule has 0 aromatic carbocycles. The molecular formula is C11H20N2O5. The van der Waals surface area contributed by atoms with Crippen LogP contribution < -0.4 is 11.1 Å². The number of carbonyl (C=O) groups is 3. The van der Waals surface area contributed by atoms with Gasteiger partial charge in [0.1, 0.15) is 6.04 Å². The van der Waals surface area contributed by atoms with E-state index in [1.165, 1.54) is 0 Å². The molecule has 0 fully saturated rings. The van der Waals surface area contributed by atoms with E-state index in [1.54, 1.807) is 0 Å². The Morgan fingerprint density at radius 2 is 2.00 bits per heavy atom. The highest BCUT2D eigenvalue weighted by molar-refractivity contribution is 5.88. The van der Waals surface area contributed by atoms with Crippen LogP contribution in [0.5, 0.6) is 0 Å². The Morgan fingerprint density at radius 3 is 2.39 bits per heavy atom. The second kappa shape index (κ2) is 8.46. The minimum atomic E-state index is -1.28. The van der Waals surface area contributed by atoms with E-state index in [9.17, 15) is 14.4 Å². The van der Waals surface area contributed by atoms with Crippen molar-refractivity contribution in [3.05, 3.63) is 0 Å². The lowest BCUT2D eigenvalue weighted by atomic mass is 10.0. The third kappa shape index (κ3) is 5.62. The second-order valence-corrected chi connectivity index (χ2v) is 3.90. The quantitative estimate of drug-likeness (QED) is 0.506. The lowest BCUT2D eigenvalue weighted by Crippen LogP contribution is -2.46. The molecule has 0 radical (unpaired) electrons. The molecule has 7 heteroatoms. The van der Waals surface area contributed by atoms with Gasteiger partial charge in [-0.15, -0.1) is 0 Å². The molecular weight excluding hydrogens is 240 g/mol. The number of hydrogen-bond acceptors (Lipinski definition) is 5. The third-order valence-corrected chi connectivity index (χ3v) is 2.51. The molecule has 0 spiro atoms. The number of methoxy groups -OCH3 is 1. The number of rotatable bonds is 8. The van der Waals surface area contributed by atoms with Crippen LogP contribution in [0.4, 0.5) is 0 Å². The minimum Gasteiger partial charge on any atom is -0.480 e. The average Bonchev–Trinajstić information content (AvgIpc) is 2.34. The van der Waals surface area contributed by atoms with Gasteiger partial charge in [0.05, 0.1) is 19.4 Å². The lowest BCUT2D eigenvalue weighted by molar-refractivity contribution is -0.149. The van der Waals surface area contributed by atoms with Gasteiger partial charge in [0.2, 0.25) is 5.91 Å². The lowest BCUT2D eigenvalue weighted by Gasteiger charge is -2.18. The molecule has 0 bridgehead atoms. The van der Waals surface area contributed by atoms with Crippen LogP contribution in [0.3, 0.4) is 0 Å². The largest absolute Gasteiger partial charge is 0.480 e. The van der Waals surface area contributed by atoms with Crippen LogP contribution in [-0.4, -0.2) is 42.6 Å². The average molecular weight is 260 g/mol. The smallest absolute Gasteiger partial charge is 0.326 e. The molecule has 0 aromatic heterocycles. The van der Waals surface area contributed by atoms with Crippen molar-refractivity contribution in [2.45, 2.75) is 32.2 Å². The van der Waals surface area contributed by atoms with Gasteiger partial charge in [-0.25, -0.2) is 4.79 Å². The number of hydrogen-bond donors (Lipinski definition) is 3. The summed E-state index contributed by atoms with van der Waals surface area (Å²) in [5.74, 6) is -2.85. The molecule has 0 saturated heterocycles. The summed E-state index contributed by atoms with van der Waals surface area (Å²) in [5, 5.41) is 11.2. The number of carboxylic acids is 1. The molecule has 0 rings (SSSR count). The first-order chi connectivity index (χ1) is 8.46. The molecule has 0 aliphatic rings. The molecule has 2 atom stereocenters. The molecule has 0 aliphatic carbocycles. The normalized spacial score (nSPS) is 13.5. The number of carbonyl (C=O) groups excluding carboxylic acids is 2. The number of aliphatic carboxylic acids is 1. The predicted molar refractivity (Wildman–Crippen MR) is 63.7 cm³/mol. The van der Waals surface area contributed by atoms with Crippen LogP contribution in [0, 0.1) is 5.92 Å². The van der Waals surface area contributed by atoms with Crippen molar-refractivity contribution in [3.63, 3.8) is 0 Å². The highest BCUT2D eigenvalue weighted by Gasteiger charge is 2.26. The van der Waals surface area contributed by atoms with E-state index in [0.29, 0.717) is 6.42 Å². The zero-order chi connectivity index (χ0) is 14.1. The Balaban J connectivity index is 4.52. The Hall–Kier alpha value is -1.63. The molecule has 0 heterocycles. The zero-order valence-corrected chi connectivity index (χ0v) is 10.6. The fourth-order valence-corrected chi connectivity index (χ4v) is 1.44. The number of carboxylic acid groups (broad SMARTS) is 1. The van der Waals surface area contributed by atoms with Crippen molar-refractivity contribution in [3.8, 4) is 0 Å². The Labute approximate surface area is 106 Å². The van der Waals surface area contributed by atoms with Crippen molar-refractivity contribution in [1.82, 2.24) is 5.32 Å². The van der Waals surface area contributed by atoms with Gasteiger partial charge < -0.3 is 20.9 Å². The van der Waals surface area contributed by atoms with Gasteiger partial charge in [-0.2, -0.15) is 0 Å². The van der Waals surface area contributed by atoms with Crippen LogP contribution in [-0.2, 0) is 19.1 Å². The third-order valence-electron chi connectivity index (χ3n) is 2.51. The van der Waals surface area contributed by atoms with Gasteiger partial charge in [0.15, 0.2) is 0 Å². The standard InChI is InChI=1S/C11H20N2O5/c1-3-4-7(6-12)10(15)13-8(11(16)17)5-9(14)18-2/h7-8H,3-6,12H2,1-2H3,(H,13,15)(H,16,17)/t7?,8-/m0/s1. The molecule has 0 aromatic rings. The van der Waals surface area contributed by atoms with E-state index < -0.39 is 36.2 Å². The number of nitrogens with two attached hydrogens (primary N) is 1. The fourth-order valence-electron chi connectivity index (χ4n) is 1.44. The molecule has 0 aliphatic heterocycles. The molecule has 7 nitrogen and oxygen atoms in total. The van der Waals surface area contributed by atoms with Gasteiger partial charge in [-0.1, -0.05) is 13.3 Å². The summed E-state index contributed by atoms with van der Waals surface area (Å²) in [5.41, 5.74) is 5.44. The second-order valence-electron chi connectivity index (χ2n) is 3.90.